The van der Waals surface area contributed by atoms with Crippen molar-refractivity contribution in [3.63, 3.8) is 0 Å². The van der Waals surface area contributed by atoms with Gasteiger partial charge in [-0.15, -0.1) is 0 Å². The van der Waals surface area contributed by atoms with E-state index in [2.05, 4.69) is 9.67 Å². The number of benzene rings is 1. The van der Waals surface area contributed by atoms with Gasteiger partial charge in [0.1, 0.15) is 5.82 Å². The number of sulfonamides is 1. The fraction of sp³-hybridized carbons (Fsp3) is 0.440. The number of alkyl halides is 6. The van der Waals surface area contributed by atoms with Crippen molar-refractivity contribution in [1.29, 1.82) is 0 Å². The van der Waals surface area contributed by atoms with Gasteiger partial charge in [-0.2, -0.15) is 35.7 Å². The van der Waals surface area contributed by atoms with E-state index in [1.165, 1.54) is 0 Å². The third-order valence-electron chi connectivity index (χ3n) is 6.97. The molecule has 236 valence electrons. The number of carboxylic acids is 2. The van der Waals surface area contributed by atoms with Gasteiger partial charge in [0.15, 0.2) is 0 Å². The molecule has 2 aliphatic rings. The first-order chi connectivity index (χ1) is 19.8. The third kappa shape index (κ3) is 7.73. The van der Waals surface area contributed by atoms with Crippen molar-refractivity contribution >= 4 is 22.0 Å². The second-order valence-electron chi connectivity index (χ2n) is 9.87. The average molecular weight is 640 g/mol. The Bertz CT molecular complexity index is 1530. The van der Waals surface area contributed by atoms with E-state index in [0.29, 0.717) is 18.0 Å². The van der Waals surface area contributed by atoms with E-state index in [0.717, 1.165) is 48.5 Å². The van der Waals surface area contributed by atoms with Crippen LogP contribution in [0.2, 0.25) is 0 Å². The summed E-state index contributed by atoms with van der Waals surface area (Å²) in [6, 6.07) is 7.12. The zero-order chi connectivity index (χ0) is 32.4. The summed E-state index contributed by atoms with van der Waals surface area (Å²) < 4.78 is 95.3. The number of aliphatic carboxylic acids is 2. The highest BCUT2D eigenvalue weighted by atomic mass is 32.2. The molecule has 2 aliphatic heterocycles. The molecule has 4 heterocycles. The highest BCUT2D eigenvalue weighted by Crippen LogP contribution is 2.45. The molecule has 0 unspecified atom stereocenters. The molecule has 18 heteroatoms. The number of hydrogen-bond acceptors (Lipinski definition) is 6. The van der Waals surface area contributed by atoms with Crippen LogP contribution in [0.3, 0.4) is 0 Å². The SMILES string of the molecule is Cc1ccc(S(=O)(=O)N2CCC3(CC2)CCn2c(-c4cnn(C)c4)cnc23)cc1.O=C(O)C(F)(F)F.O=C(O)C(F)(F)F. The summed E-state index contributed by atoms with van der Waals surface area (Å²) in [6.45, 7) is 3.95. The number of carboxylic acid groups (broad SMARTS) is 2. The minimum Gasteiger partial charge on any atom is -0.475 e. The van der Waals surface area contributed by atoms with Crippen molar-refractivity contribution in [2.45, 2.75) is 55.4 Å². The summed E-state index contributed by atoms with van der Waals surface area (Å²) >= 11 is 0. The summed E-state index contributed by atoms with van der Waals surface area (Å²) in [5.41, 5.74) is 3.20. The lowest BCUT2D eigenvalue weighted by molar-refractivity contribution is -0.193. The molecule has 1 spiro atoms. The Morgan fingerprint density at radius 1 is 0.884 bits per heavy atom. The molecule has 0 bridgehead atoms. The van der Waals surface area contributed by atoms with Crippen molar-refractivity contribution in [3.05, 3.63) is 54.2 Å². The second kappa shape index (κ2) is 12.4. The fourth-order valence-corrected chi connectivity index (χ4v) is 6.18. The Hall–Kier alpha value is -3.93. The molecule has 2 aromatic heterocycles. The van der Waals surface area contributed by atoms with Gasteiger partial charge in [0.25, 0.3) is 0 Å². The molecule has 1 fully saturated rings. The van der Waals surface area contributed by atoms with E-state index in [-0.39, 0.29) is 5.41 Å². The number of aryl methyl sites for hydroxylation is 2. The van der Waals surface area contributed by atoms with E-state index >= 15 is 0 Å². The van der Waals surface area contributed by atoms with Crippen molar-refractivity contribution in [2.75, 3.05) is 13.1 Å². The monoisotopic (exact) mass is 639 g/mol. The van der Waals surface area contributed by atoms with Gasteiger partial charge in [-0.25, -0.2) is 23.0 Å². The van der Waals surface area contributed by atoms with Gasteiger partial charge in [0.2, 0.25) is 10.0 Å². The number of nitrogens with zero attached hydrogens (tertiary/aromatic N) is 5. The van der Waals surface area contributed by atoms with Crippen molar-refractivity contribution < 1.29 is 54.6 Å². The smallest absolute Gasteiger partial charge is 0.475 e. The first kappa shape index (κ1) is 33.6. The van der Waals surface area contributed by atoms with Crippen LogP contribution in [0.1, 0.15) is 30.7 Å². The minimum absolute atomic E-state index is 0.0280. The van der Waals surface area contributed by atoms with Crippen LogP contribution in [0.4, 0.5) is 26.3 Å². The molecule has 3 aromatic rings. The molecule has 0 amide bonds. The molecule has 0 atom stereocenters. The highest BCUT2D eigenvalue weighted by Gasteiger charge is 2.46. The summed E-state index contributed by atoms with van der Waals surface area (Å²) in [5, 5.41) is 18.5. The number of fused-ring (bicyclic) bond motifs is 2. The van der Waals surface area contributed by atoms with Crippen LogP contribution in [0.5, 0.6) is 0 Å². The number of piperidine rings is 1. The lowest BCUT2D eigenvalue weighted by Gasteiger charge is -2.37. The number of imidazole rings is 1. The molecular weight excluding hydrogens is 612 g/mol. The van der Waals surface area contributed by atoms with E-state index in [4.69, 9.17) is 24.8 Å². The Kier molecular flexibility index (Phi) is 9.65. The minimum atomic E-state index is -5.08. The topological polar surface area (TPSA) is 148 Å². The Labute approximate surface area is 241 Å². The van der Waals surface area contributed by atoms with Crippen LogP contribution in [0, 0.1) is 6.92 Å². The van der Waals surface area contributed by atoms with Gasteiger partial charge in [-0.3, -0.25) is 4.68 Å². The first-order valence-electron chi connectivity index (χ1n) is 12.5. The van der Waals surface area contributed by atoms with Crippen LogP contribution < -0.4 is 0 Å². The van der Waals surface area contributed by atoms with E-state index in [1.54, 1.807) is 21.1 Å². The van der Waals surface area contributed by atoms with Crippen LogP contribution in [-0.4, -0.2) is 79.6 Å². The Morgan fingerprint density at radius 3 is 1.81 bits per heavy atom. The van der Waals surface area contributed by atoms with E-state index < -0.39 is 34.3 Å². The molecule has 0 saturated carbocycles. The highest BCUT2D eigenvalue weighted by molar-refractivity contribution is 7.89. The molecule has 0 aliphatic carbocycles. The molecule has 2 N–H and O–H groups in total. The maximum atomic E-state index is 13.0. The zero-order valence-electron chi connectivity index (χ0n) is 22.7. The number of rotatable bonds is 3. The van der Waals surface area contributed by atoms with E-state index in [9.17, 15) is 34.8 Å². The zero-order valence-corrected chi connectivity index (χ0v) is 23.5. The molecular formula is C25H27F6N5O6S. The molecule has 1 saturated heterocycles. The van der Waals surface area contributed by atoms with Gasteiger partial charge in [-0.05, 0) is 38.3 Å². The van der Waals surface area contributed by atoms with Crippen LogP contribution in [0.15, 0.2) is 47.8 Å². The van der Waals surface area contributed by atoms with Gasteiger partial charge in [0.05, 0.1) is 23.0 Å². The molecule has 43 heavy (non-hydrogen) atoms. The molecule has 1 aromatic carbocycles. The molecule has 0 radical (unpaired) electrons. The molecule has 5 rings (SSSR count). The summed E-state index contributed by atoms with van der Waals surface area (Å²) in [4.78, 5) is 22.9. The lowest BCUT2D eigenvalue weighted by atomic mass is 9.77. The first-order valence-corrected chi connectivity index (χ1v) is 13.9. The summed E-state index contributed by atoms with van der Waals surface area (Å²) in [6.07, 6.45) is -1.73. The predicted octanol–water partition coefficient (Wildman–Crippen LogP) is 3.98. The maximum Gasteiger partial charge on any atom is 0.490 e. The normalized spacial score (nSPS) is 16.5. The van der Waals surface area contributed by atoms with Gasteiger partial charge >= 0.3 is 24.3 Å². The van der Waals surface area contributed by atoms with Crippen LogP contribution >= 0.6 is 0 Å². The largest absolute Gasteiger partial charge is 0.490 e. The summed E-state index contributed by atoms with van der Waals surface area (Å²) in [7, 11) is -1.53. The van der Waals surface area contributed by atoms with Crippen molar-refractivity contribution in [1.82, 2.24) is 23.6 Å². The average Bonchev–Trinajstić information content (AvgIpc) is 3.61. The van der Waals surface area contributed by atoms with Gasteiger partial charge in [-0.1, -0.05) is 17.7 Å². The standard InChI is InChI=1S/C21H25N5O2S.2C2HF3O2/c1-16-3-5-18(6-4-16)29(27,28)25-10-7-21(8-11-25)9-12-26-19(14-22-20(21)26)17-13-23-24(2)15-17;2*3-2(4,5)1(6)7/h3-6,13-15H,7-12H2,1-2H3;2*(H,6,7). The van der Waals surface area contributed by atoms with E-state index in [1.807, 2.05) is 44.7 Å². The molecule has 11 nitrogen and oxygen atoms in total. The lowest BCUT2D eigenvalue weighted by Crippen LogP contribution is -2.44. The van der Waals surface area contributed by atoms with Crippen LogP contribution in [0.25, 0.3) is 11.3 Å². The predicted molar refractivity (Wildman–Crippen MR) is 137 cm³/mol. The quantitative estimate of drug-likeness (QED) is 0.409. The van der Waals surface area contributed by atoms with Crippen molar-refractivity contribution in [2.24, 2.45) is 7.05 Å². The van der Waals surface area contributed by atoms with Crippen molar-refractivity contribution in [3.8, 4) is 11.3 Å². The number of aromatic nitrogens is 4. The second-order valence-corrected chi connectivity index (χ2v) is 11.8. The van der Waals surface area contributed by atoms with Gasteiger partial charge in [0, 0.05) is 43.9 Å². The fourth-order valence-electron chi connectivity index (χ4n) is 4.73. The number of hydrogen-bond donors (Lipinski definition) is 2. The Morgan fingerprint density at radius 2 is 1.37 bits per heavy atom. The summed E-state index contributed by atoms with van der Waals surface area (Å²) in [5.74, 6) is -4.41. The number of carbonyl (C=O) groups is 2. The van der Waals surface area contributed by atoms with Gasteiger partial charge < -0.3 is 14.8 Å². The maximum absolute atomic E-state index is 13.0. The third-order valence-corrected chi connectivity index (χ3v) is 8.88. The number of halogens is 6. The Balaban J connectivity index is 0.000000303. The van der Waals surface area contributed by atoms with Crippen LogP contribution in [-0.2, 0) is 38.6 Å².